The standard InChI is InChI=1S/C24H26N2O3/c1-2-29-18-14-12-17(13-15-18)26-22-21(25-16-8-4-3-5-9-16)23(27)19-10-6-7-11-20(19)24(22)28/h6-7,10-16,25-26H,2-5,8-9H2,1H3. The molecule has 150 valence electrons. The molecule has 0 saturated heterocycles. The summed E-state index contributed by atoms with van der Waals surface area (Å²) in [7, 11) is 0. The number of Topliss-reactive ketones (excluding diaryl/α,β-unsaturated/α-hetero) is 2. The van der Waals surface area contributed by atoms with Crippen molar-refractivity contribution in [3.8, 4) is 5.75 Å². The number of fused-ring (bicyclic) bond motifs is 1. The number of ether oxygens (including phenoxy) is 1. The van der Waals surface area contributed by atoms with E-state index in [1.807, 2.05) is 31.2 Å². The summed E-state index contributed by atoms with van der Waals surface area (Å²) in [5, 5.41) is 6.61. The molecule has 0 aliphatic heterocycles. The van der Waals surface area contributed by atoms with E-state index in [0.29, 0.717) is 29.1 Å². The van der Waals surface area contributed by atoms with E-state index in [0.717, 1.165) is 37.1 Å². The average molecular weight is 390 g/mol. The zero-order valence-electron chi connectivity index (χ0n) is 16.7. The number of hydrogen-bond donors (Lipinski definition) is 2. The first-order chi connectivity index (χ1) is 14.2. The van der Waals surface area contributed by atoms with Gasteiger partial charge in [-0.3, -0.25) is 9.59 Å². The minimum atomic E-state index is -0.160. The molecule has 4 rings (SSSR count). The number of hydrogen-bond acceptors (Lipinski definition) is 5. The van der Waals surface area contributed by atoms with Gasteiger partial charge in [0.25, 0.3) is 0 Å². The zero-order chi connectivity index (χ0) is 20.2. The predicted octanol–water partition coefficient (Wildman–Crippen LogP) is 4.71. The monoisotopic (exact) mass is 390 g/mol. The SMILES string of the molecule is CCOc1ccc(NC2=C(NC3CCCCC3)C(=O)c3ccccc3C2=O)cc1. The Morgan fingerprint density at radius 3 is 2.10 bits per heavy atom. The Balaban J connectivity index is 1.68. The summed E-state index contributed by atoms with van der Waals surface area (Å²) in [6.07, 6.45) is 5.55. The highest BCUT2D eigenvalue weighted by Crippen LogP contribution is 2.29. The van der Waals surface area contributed by atoms with Gasteiger partial charge in [-0.05, 0) is 44.0 Å². The third kappa shape index (κ3) is 4.04. The van der Waals surface area contributed by atoms with Crippen LogP contribution in [0, 0.1) is 0 Å². The molecule has 0 radical (unpaired) electrons. The smallest absolute Gasteiger partial charge is 0.212 e. The van der Waals surface area contributed by atoms with Crippen molar-refractivity contribution < 1.29 is 14.3 Å². The molecule has 0 aromatic heterocycles. The van der Waals surface area contributed by atoms with Crippen LogP contribution in [0.1, 0.15) is 59.7 Å². The van der Waals surface area contributed by atoms with E-state index in [9.17, 15) is 9.59 Å². The van der Waals surface area contributed by atoms with Gasteiger partial charge in [0, 0.05) is 22.9 Å². The lowest BCUT2D eigenvalue weighted by Crippen LogP contribution is -2.39. The first-order valence-corrected chi connectivity index (χ1v) is 10.4. The molecular formula is C24H26N2O3. The summed E-state index contributed by atoms with van der Waals surface area (Å²) < 4.78 is 5.48. The van der Waals surface area contributed by atoms with Gasteiger partial charge in [-0.15, -0.1) is 0 Å². The van der Waals surface area contributed by atoms with E-state index >= 15 is 0 Å². The molecule has 0 amide bonds. The predicted molar refractivity (Wildman–Crippen MR) is 113 cm³/mol. The van der Waals surface area contributed by atoms with Gasteiger partial charge < -0.3 is 15.4 Å². The number of rotatable bonds is 6. The number of anilines is 1. The van der Waals surface area contributed by atoms with Crippen molar-refractivity contribution in [3.63, 3.8) is 0 Å². The second kappa shape index (κ2) is 8.52. The van der Waals surface area contributed by atoms with Crippen molar-refractivity contribution in [2.75, 3.05) is 11.9 Å². The highest BCUT2D eigenvalue weighted by molar-refractivity contribution is 6.27. The van der Waals surface area contributed by atoms with Crippen molar-refractivity contribution in [1.29, 1.82) is 0 Å². The van der Waals surface area contributed by atoms with Crippen LogP contribution in [0.4, 0.5) is 5.69 Å². The molecule has 1 fully saturated rings. The quantitative estimate of drug-likeness (QED) is 0.748. The molecule has 2 aliphatic carbocycles. The van der Waals surface area contributed by atoms with Crippen LogP contribution in [0.15, 0.2) is 59.9 Å². The van der Waals surface area contributed by atoms with E-state index in [4.69, 9.17) is 4.74 Å². The Morgan fingerprint density at radius 1 is 0.862 bits per heavy atom. The van der Waals surface area contributed by atoms with Gasteiger partial charge in [0.05, 0.1) is 6.61 Å². The van der Waals surface area contributed by atoms with Crippen molar-refractivity contribution in [2.45, 2.75) is 45.1 Å². The van der Waals surface area contributed by atoms with E-state index < -0.39 is 0 Å². The minimum Gasteiger partial charge on any atom is -0.494 e. The van der Waals surface area contributed by atoms with Crippen LogP contribution in [-0.2, 0) is 0 Å². The molecule has 2 aromatic carbocycles. The molecule has 2 aliphatic rings. The van der Waals surface area contributed by atoms with Gasteiger partial charge in [-0.2, -0.15) is 0 Å². The third-order valence-corrected chi connectivity index (χ3v) is 5.51. The largest absolute Gasteiger partial charge is 0.494 e. The average Bonchev–Trinajstić information content (AvgIpc) is 2.76. The molecular weight excluding hydrogens is 364 g/mol. The normalized spacial score (nSPS) is 17.1. The Bertz CT molecular complexity index is 941. The van der Waals surface area contributed by atoms with Crippen molar-refractivity contribution in [2.24, 2.45) is 0 Å². The van der Waals surface area contributed by atoms with Gasteiger partial charge in [-0.1, -0.05) is 43.5 Å². The molecule has 0 heterocycles. The molecule has 0 spiro atoms. The number of allylic oxidation sites excluding steroid dienone is 2. The lowest BCUT2D eigenvalue weighted by atomic mass is 9.88. The van der Waals surface area contributed by atoms with Gasteiger partial charge in [-0.25, -0.2) is 0 Å². The number of nitrogens with one attached hydrogen (secondary N) is 2. The summed E-state index contributed by atoms with van der Waals surface area (Å²) in [5.41, 5.74) is 2.36. The van der Waals surface area contributed by atoms with Gasteiger partial charge in [0.15, 0.2) is 0 Å². The van der Waals surface area contributed by atoms with Gasteiger partial charge in [0.2, 0.25) is 11.6 Å². The van der Waals surface area contributed by atoms with E-state index in [1.165, 1.54) is 6.42 Å². The topological polar surface area (TPSA) is 67.4 Å². The Kier molecular flexibility index (Phi) is 5.65. The van der Waals surface area contributed by atoms with Crippen molar-refractivity contribution in [3.05, 3.63) is 71.1 Å². The fourth-order valence-corrected chi connectivity index (χ4v) is 4.03. The van der Waals surface area contributed by atoms with E-state index in [-0.39, 0.29) is 17.6 Å². The maximum atomic E-state index is 13.3. The van der Waals surface area contributed by atoms with Crippen LogP contribution < -0.4 is 15.4 Å². The first kappa shape index (κ1) is 19.2. The summed E-state index contributed by atoms with van der Waals surface area (Å²) in [6, 6.07) is 14.7. The van der Waals surface area contributed by atoms with E-state index in [2.05, 4.69) is 10.6 Å². The lowest BCUT2D eigenvalue weighted by Gasteiger charge is -2.29. The van der Waals surface area contributed by atoms with Crippen LogP contribution in [0.5, 0.6) is 5.75 Å². The second-order valence-corrected chi connectivity index (χ2v) is 7.52. The first-order valence-electron chi connectivity index (χ1n) is 10.4. The Labute approximate surface area is 171 Å². The maximum Gasteiger partial charge on any atom is 0.212 e. The van der Waals surface area contributed by atoms with Crippen LogP contribution in [0.2, 0.25) is 0 Å². The Hall–Kier alpha value is -3.08. The number of carbonyl (C=O) groups is 2. The van der Waals surface area contributed by atoms with Crippen LogP contribution in [0.25, 0.3) is 0 Å². The lowest BCUT2D eigenvalue weighted by molar-refractivity contribution is 0.0966. The molecule has 2 N–H and O–H groups in total. The fraction of sp³-hybridized carbons (Fsp3) is 0.333. The highest BCUT2D eigenvalue weighted by Gasteiger charge is 2.33. The summed E-state index contributed by atoms with van der Waals surface area (Å²) in [4.78, 5) is 26.5. The third-order valence-electron chi connectivity index (χ3n) is 5.51. The second-order valence-electron chi connectivity index (χ2n) is 7.52. The highest BCUT2D eigenvalue weighted by atomic mass is 16.5. The van der Waals surface area contributed by atoms with E-state index in [1.54, 1.807) is 24.3 Å². The summed E-state index contributed by atoms with van der Waals surface area (Å²) >= 11 is 0. The molecule has 0 bridgehead atoms. The Morgan fingerprint density at radius 2 is 1.48 bits per heavy atom. The molecule has 5 heteroatoms. The number of ketones is 2. The van der Waals surface area contributed by atoms with Crippen LogP contribution in [0.3, 0.4) is 0 Å². The maximum absolute atomic E-state index is 13.3. The minimum absolute atomic E-state index is 0.126. The van der Waals surface area contributed by atoms with Crippen LogP contribution >= 0.6 is 0 Å². The zero-order valence-corrected chi connectivity index (χ0v) is 16.7. The summed E-state index contributed by atoms with van der Waals surface area (Å²) in [6.45, 7) is 2.53. The number of benzene rings is 2. The molecule has 29 heavy (non-hydrogen) atoms. The van der Waals surface area contributed by atoms with Gasteiger partial charge in [0.1, 0.15) is 17.1 Å². The van der Waals surface area contributed by atoms with Crippen LogP contribution in [-0.4, -0.2) is 24.2 Å². The van der Waals surface area contributed by atoms with Gasteiger partial charge >= 0.3 is 0 Å². The van der Waals surface area contributed by atoms with Crippen molar-refractivity contribution in [1.82, 2.24) is 5.32 Å². The summed E-state index contributed by atoms with van der Waals surface area (Å²) in [5.74, 6) is 0.482. The molecule has 0 atom stereocenters. The molecule has 2 aromatic rings. The molecule has 5 nitrogen and oxygen atoms in total. The fourth-order valence-electron chi connectivity index (χ4n) is 4.03. The van der Waals surface area contributed by atoms with Crippen molar-refractivity contribution >= 4 is 17.3 Å². The number of carbonyl (C=O) groups excluding carboxylic acids is 2. The molecule has 0 unspecified atom stereocenters. The molecule has 1 saturated carbocycles.